The van der Waals surface area contributed by atoms with E-state index in [1.54, 1.807) is 10.9 Å². The first-order chi connectivity index (χ1) is 9.06. The van der Waals surface area contributed by atoms with E-state index < -0.39 is 0 Å². The normalized spacial score (nSPS) is 11.0. The van der Waals surface area contributed by atoms with Crippen molar-refractivity contribution in [3.8, 4) is 0 Å². The van der Waals surface area contributed by atoms with Crippen molar-refractivity contribution in [3.05, 3.63) is 11.9 Å². The molecule has 1 aromatic heterocycles. The van der Waals surface area contributed by atoms with E-state index >= 15 is 0 Å². The Morgan fingerprint density at radius 3 is 2.68 bits per heavy atom. The SMILES string of the molecule is CCN(CCCN(C)C)C(=O)Cn1cc(CN)nn1. The summed E-state index contributed by atoms with van der Waals surface area (Å²) in [5.41, 5.74) is 6.16. The lowest BCUT2D eigenvalue weighted by molar-refractivity contribution is -0.132. The third-order valence-electron chi connectivity index (χ3n) is 2.86. The lowest BCUT2D eigenvalue weighted by atomic mass is 10.3. The Kier molecular flexibility index (Phi) is 6.44. The molecule has 1 heterocycles. The van der Waals surface area contributed by atoms with Crippen molar-refractivity contribution >= 4 is 5.91 Å². The van der Waals surface area contributed by atoms with Gasteiger partial charge in [-0.2, -0.15) is 0 Å². The third kappa shape index (κ3) is 5.35. The van der Waals surface area contributed by atoms with E-state index in [-0.39, 0.29) is 12.5 Å². The van der Waals surface area contributed by atoms with Gasteiger partial charge in [0.1, 0.15) is 6.54 Å². The van der Waals surface area contributed by atoms with Crippen LogP contribution in [0.2, 0.25) is 0 Å². The number of nitrogens with zero attached hydrogens (tertiary/aromatic N) is 5. The Bertz CT molecular complexity index is 389. The van der Waals surface area contributed by atoms with Crippen LogP contribution in [0.1, 0.15) is 19.0 Å². The second kappa shape index (κ2) is 7.85. The lowest BCUT2D eigenvalue weighted by Gasteiger charge is -2.21. The molecule has 0 saturated heterocycles. The number of hydrogen-bond acceptors (Lipinski definition) is 5. The second-order valence-electron chi connectivity index (χ2n) is 4.74. The molecular formula is C12H24N6O. The van der Waals surface area contributed by atoms with Crippen LogP contribution in [0.3, 0.4) is 0 Å². The molecule has 1 rings (SSSR count). The van der Waals surface area contributed by atoms with Gasteiger partial charge >= 0.3 is 0 Å². The molecule has 0 bridgehead atoms. The van der Waals surface area contributed by atoms with Gasteiger partial charge in [0, 0.05) is 19.6 Å². The summed E-state index contributed by atoms with van der Waals surface area (Å²) in [7, 11) is 4.06. The van der Waals surface area contributed by atoms with Gasteiger partial charge in [0.2, 0.25) is 5.91 Å². The molecule has 108 valence electrons. The molecule has 0 unspecified atom stereocenters. The first-order valence-corrected chi connectivity index (χ1v) is 6.58. The molecule has 7 nitrogen and oxygen atoms in total. The van der Waals surface area contributed by atoms with E-state index in [1.807, 2.05) is 25.9 Å². The summed E-state index contributed by atoms with van der Waals surface area (Å²) in [5.74, 6) is 0.0646. The largest absolute Gasteiger partial charge is 0.341 e. The topological polar surface area (TPSA) is 80.3 Å². The highest BCUT2D eigenvalue weighted by atomic mass is 16.2. The van der Waals surface area contributed by atoms with E-state index in [0.29, 0.717) is 18.8 Å². The van der Waals surface area contributed by atoms with E-state index in [1.165, 1.54) is 0 Å². The minimum Gasteiger partial charge on any atom is -0.341 e. The molecule has 2 N–H and O–H groups in total. The number of rotatable bonds is 8. The summed E-state index contributed by atoms with van der Waals surface area (Å²) in [4.78, 5) is 16.1. The van der Waals surface area contributed by atoms with Crippen LogP contribution in [0, 0.1) is 0 Å². The van der Waals surface area contributed by atoms with Crippen molar-refractivity contribution < 1.29 is 4.79 Å². The van der Waals surface area contributed by atoms with Crippen molar-refractivity contribution in [2.24, 2.45) is 5.73 Å². The van der Waals surface area contributed by atoms with Gasteiger partial charge in [0.25, 0.3) is 0 Å². The molecule has 0 radical (unpaired) electrons. The smallest absolute Gasteiger partial charge is 0.244 e. The number of amides is 1. The fourth-order valence-electron chi connectivity index (χ4n) is 1.78. The highest BCUT2D eigenvalue weighted by Crippen LogP contribution is 1.98. The fraction of sp³-hybridized carbons (Fsp3) is 0.750. The number of carbonyl (C=O) groups is 1. The van der Waals surface area contributed by atoms with Crippen LogP contribution in [0.15, 0.2) is 6.20 Å². The standard InChI is InChI=1S/C12H24N6O/c1-4-17(7-5-6-16(2)3)12(19)10-18-9-11(8-13)14-15-18/h9H,4-8,10,13H2,1-3H3. The van der Waals surface area contributed by atoms with Crippen molar-refractivity contribution in [1.29, 1.82) is 0 Å². The number of nitrogens with two attached hydrogens (primary N) is 1. The number of likely N-dealkylation sites (N-methyl/N-ethyl adjacent to an activating group) is 1. The molecule has 0 fully saturated rings. The van der Waals surface area contributed by atoms with E-state index in [9.17, 15) is 4.79 Å². The summed E-state index contributed by atoms with van der Waals surface area (Å²) in [6.45, 7) is 5.01. The molecule has 0 spiro atoms. The number of carbonyl (C=O) groups excluding carboxylic acids is 1. The summed E-state index contributed by atoms with van der Waals surface area (Å²) in [5, 5.41) is 7.75. The second-order valence-corrected chi connectivity index (χ2v) is 4.74. The average molecular weight is 268 g/mol. The lowest BCUT2D eigenvalue weighted by Crippen LogP contribution is -2.35. The van der Waals surface area contributed by atoms with Gasteiger partial charge in [-0.15, -0.1) is 5.10 Å². The summed E-state index contributed by atoms with van der Waals surface area (Å²) in [6, 6.07) is 0. The predicted octanol–water partition coefficient (Wildman–Crippen LogP) is -0.463. The van der Waals surface area contributed by atoms with Gasteiger partial charge < -0.3 is 15.5 Å². The zero-order chi connectivity index (χ0) is 14.3. The zero-order valence-electron chi connectivity index (χ0n) is 12.0. The quantitative estimate of drug-likeness (QED) is 0.690. The van der Waals surface area contributed by atoms with Gasteiger partial charge in [-0.05, 0) is 34.0 Å². The monoisotopic (exact) mass is 268 g/mol. The maximum Gasteiger partial charge on any atom is 0.244 e. The van der Waals surface area contributed by atoms with E-state index in [2.05, 4.69) is 15.2 Å². The van der Waals surface area contributed by atoms with Crippen molar-refractivity contribution in [2.45, 2.75) is 26.4 Å². The summed E-state index contributed by atoms with van der Waals surface area (Å²) in [6.07, 6.45) is 2.68. The average Bonchev–Trinajstić information content (AvgIpc) is 2.81. The highest BCUT2D eigenvalue weighted by Gasteiger charge is 2.13. The summed E-state index contributed by atoms with van der Waals surface area (Å²) < 4.78 is 1.54. The van der Waals surface area contributed by atoms with Gasteiger partial charge in [0.15, 0.2) is 0 Å². The Balaban J connectivity index is 2.44. The fourth-order valence-corrected chi connectivity index (χ4v) is 1.78. The van der Waals surface area contributed by atoms with Crippen LogP contribution < -0.4 is 5.73 Å². The Morgan fingerprint density at radius 1 is 1.42 bits per heavy atom. The number of hydrogen-bond donors (Lipinski definition) is 1. The van der Waals surface area contributed by atoms with E-state index in [0.717, 1.165) is 19.5 Å². The first-order valence-electron chi connectivity index (χ1n) is 6.58. The molecule has 0 aromatic carbocycles. The molecular weight excluding hydrogens is 244 g/mol. The minimum absolute atomic E-state index is 0.0646. The maximum atomic E-state index is 12.1. The first kappa shape index (κ1) is 15.6. The number of aromatic nitrogens is 3. The van der Waals surface area contributed by atoms with Gasteiger partial charge in [-0.25, -0.2) is 4.68 Å². The summed E-state index contributed by atoms with van der Waals surface area (Å²) >= 11 is 0. The predicted molar refractivity (Wildman–Crippen MR) is 73.3 cm³/mol. The van der Waals surface area contributed by atoms with Crippen LogP contribution in [-0.4, -0.2) is 64.4 Å². The van der Waals surface area contributed by atoms with Gasteiger partial charge in [0.05, 0.1) is 11.9 Å². The molecule has 0 aliphatic heterocycles. The molecule has 0 atom stereocenters. The highest BCUT2D eigenvalue weighted by molar-refractivity contribution is 5.75. The van der Waals surface area contributed by atoms with E-state index in [4.69, 9.17) is 5.73 Å². The molecule has 0 aliphatic carbocycles. The molecule has 1 aromatic rings. The zero-order valence-corrected chi connectivity index (χ0v) is 12.0. The Morgan fingerprint density at radius 2 is 2.16 bits per heavy atom. The van der Waals surface area contributed by atoms with Crippen LogP contribution in [-0.2, 0) is 17.9 Å². The molecule has 0 saturated carbocycles. The molecule has 7 heteroatoms. The molecule has 0 aliphatic rings. The Hall–Kier alpha value is -1.47. The van der Waals surface area contributed by atoms with Crippen LogP contribution in [0.4, 0.5) is 0 Å². The third-order valence-corrected chi connectivity index (χ3v) is 2.86. The molecule has 1 amide bonds. The van der Waals surface area contributed by atoms with Crippen LogP contribution in [0.25, 0.3) is 0 Å². The van der Waals surface area contributed by atoms with Gasteiger partial charge in [-0.1, -0.05) is 5.21 Å². The van der Waals surface area contributed by atoms with Crippen molar-refractivity contribution in [3.63, 3.8) is 0 Å². The van der Waals surface area contributed by atoms with Gasteiger partial charge in [-0.3, -0.25) is 4.79 Å². The minimum atomic E-state index is 0.0646. The van der Waals surface area contributed by atoms with Crippen molar-refractivity contribution in [2.75, 3.05) is 33.7 Å². The van der Waals surface area contributed by atoms with Crippen molar-refractivity contribution in [1.82, 2.24) is 24.8 Å². The molecule has 19 heavy (non-hydrogen) atoms. The van der Waals surface area contributed by atoms with Crippen LogP contribution in [0.5, 0.6) is 0 Å². The Labute approximate surface area is 114 Å². The van der Waals surface area contributed by atoms with Crippen LogP contribution >= 0.6 is 0 Å². The maximum absolute atomic E-state index is 12.1.